The average molecular weight is 284 g/mol. The molecule has 108 valence electrons. The molecule has 4 nitrogen and oxygen atoms in total. The van der Waals surface area contributed by atoms with Crippen LogP contribution in [0, 0.1) is 17.5 Å². The van der Waals surface area contributed by atoms with Crippen molar-refractivity contribution in [3.8, 4) is 0 Å². The zero-order valence-electron chi connectivity index (χ0n) is 10.9. The van der Waals surface area contributed by atoms with E-state index in [2.05, 4.69) is 10.5 Å². The maximum atomic E-state index is 13.7. The van der Waals surface area contributed by atoms with Crippen molar-refractivity contribution in [2.24, 2.45) is 12.9 Å². The number of nitrogens with two attached hydrogens (primary N) is 1. The second kappa shape index (κ2) is 6.06. The van der Waals surface area contributed by atoms with Gasteiger partial charge in [-0.2, -0.15) is 5.10 Å². The summed E-state index contributed by atoms with van der Waals surface area (Å²) < 4.78 is 41.9. The molecule has 1 unspecified atom stereocenters. The van der Waals surface area contributed by atoms with E-state index in [0.29, 0.717) is 25.0 Å². The first-order chi connectivity index (χ1) is 9.51. The Hall–Kier alpha value is -1.86. The van der Waals surface area contributed by atoms with Gasteiger partial charge in [-0.25, -0.2) is 13.2 Å². The van der Waals surface area contributed by atoms with E-state index < -0.39 is 23.5 Å². The predicted molar refractivity (Wildman–Crippen MR) is 67.9 cm³/mol. The zero-order valence-corrected chi connectivity index (χ0v) is 10.9. The summed E-state index contributed by atoms with van der Waals surface area (Å²) >= 11 is 0. The standard InChI is InChI=1S/C13H15F3N4/c1-20-7-8(6-18-20)2-3-12(19-17)13-10(15)4-9(14)5-11(13)16/h4-7,12,19H,2-3,17H2,1H3. The Kier molecular flexibility index (Phi) is 4.41. The fourth-order valence-electron chi connectivity index (χ4n) is 2.11. The van der Waals surface area contributed by atoms with Gasteiger partial charge in [-0.1, -0.05) is 0 Å². The third kappa shape index (κ3) is 3.17. The molecule has 0 aliphatic heterocycles. The zero-order chi connectivity index (χ0) is 14.7. The quantitative estimate of drug-likeness (QED) is 0.652. The molecule has 0 fully saturated rings. The van der Waals surface area contributed by atoms with E-state index in [0.717, 1.165) is 5.56 Å². The normalized spacial score (nSPS) is 12.7. The second-order valence-electron chi connectivity index (χ2n) is 4.56. The van der Waals surface area contributed by atoms with Gasteiger partial charge in [0.1, 0.15) is 17.5 Å². The van der Waals surface area contributed by atoms with Gasteiger partial charge in [0.15, 0.2) is 0 Å². The van der Waals surface area contributed by atoms with Crippen LogP contribution in [0.3, 0.4) is 0 Å². The molecule has 0 saturated carbocycles. The van der Waals surface area contributed by atoms with Gasteiger partial charge >= 0.3 is 0 Å². The van der Waals surface area contributed by atoms with Gasteiger partial charge in [-0.05, 0) is 18.4 Å². The number of aromatic nitrogens is 2. The summed E-state index contributed by atoms with van der Waals surface area (Å²) in [7, 11) is 1.78. The Morgan fingerprint density at radius 2 is 1.95 bits per heavy atom. The molecule has 3 N–H and O–H groups in total. The van der Waals surface area contributed by atoms with Crippen molar-refractivity contribution >= 4 is 0 Å². The molecule has 0 saturated heterocycles. The van der Waals surface area contributed by atoms with Crippen LogP contribution < -0.4 is 11.3 Å². The number of benzene rings is 1. The highest BCUT2D eigenvalue weighted by Crippen LogP contribution is 2.25. The number of nitrogens with one attached hydrogen (secondary N) is 1. The molecule has 2 aromatic rings. The third-order valence-electron chi connectivity index (χ3n) is 3.07. The molecule has 1 aromatic heterocycles. The summed E-state index contributed by atoms with van der Waals surface area (Å²) in [6, 6.07) is 0.551. The minimum atomic E-state index is -0.952. The fourth-order valence-corrected chi connectivity index (χ4v) is 2.11. The number of hydrazine groups is 1. The number of rotatable bonds is 5. The Balaban J connectivity index is 2.16. The minimum absolute atomic E-state index is 0.252. The first-order valence-corrected chi connectivity index (χ1v) is 6.09. The van der Waals surface area contributed by atoms with Gasteiger partial charge in [0.2, 0.25) is 0 Å². The molecule has 0 aliphatic rings. The molecule has 20 heavy (non-hydrogen) atoms. The lowest BCUT2D eigenvalue weighted by Gasteiger charge is -2.17. The number of hydrogen-bond acceptors (Lipinski definition) is 3. The first-order valence-electron chi connectivity index (χ1n) is 6.09. The highest BCUT2D eigenvalue weighted by molar-refractivity contribution is 5.24. The predicted octanol–water partition coefficient (Wildman–Crippen LogP) is 1.97. The van der Waals surface area contributed by atoms with Crippen LogP contribution in [0.5, 0.6) is 0 Å². The third-order valence-corrected chi connectivity index (χ3v) is 3.07. The molecule has 0 radical (unpaired) electrons. The molecular weight excluding hydrogens is 269 g/mol. The van der Waals surface area contributed by atoms with Gasteiger partial charge in [-0.15, -0.1) is 0 Å². The van der Waals surface area contributed by atoms with Crippen molar-refractivity contribution in [3.05, 3.63) is 53.1 Å². The average Bonchev–Trinajstić information content (AvgIpc) is 2.78. The fraction of sp³-hybridized carbons (Fsp3) is 0.308. The van der Waals surface area contributed by atoms with E-state index in [9.17, 15) is 13.2 Å². The second-order valence-corrected chi connectivity index (χ2v) is 4.56. The SMILES string of the molecule is Cn1cc(CCC(NN)c2c(F)cc(F)cc2F)cn1. The molecule has 1 aromatic carbocycles. The Morgan fingerprint density at radius 1 is 1.30 bits per heavy atom. The summed E-state index contributed by atoms with van der Waals surface area (Å²) in [5, 5.41) is 4.01. The molecule has 0 bridgehead atoms. The molecule has 0 aliphatic carbocycles. The van der Waals surface area contributed by atoms with Gasteiger partial charge in [0.05, 0.1) is 12.2 Å². The topological polar surface area (TPSA) is 55.9 Å². The smallest absolute Gasteiger partial charge is 0.133 e. The molecule has 0 spiro atoms. The van der Waals surface area contributed by atoms with Crippen molar-refractivity contribution in [2.45, 2.75) is 18.9 Å². The van der Waals surface area contributed by atoms with Crippen LogP contribution in [0.15, 0.2) is 24.5 Å². The molecular formula is C13H15F3N4. The maximum Gasteiger partial charge on any atom is 0.133 e. The maximum absolute atomic E-state index is 13.7. The van der Waals surface area contributed by atoms with Crippen molar-refractivity contribution in [1.82, 2.24) is 15.2 Å². The van der Waals surface area contributed by atoms with Crippen LogP contribution in [0.2, 0.25) is 0 Å². The molecule has 0 amide bonds. The lowest BCUT2D eigenvalue weighted by molar-refractivity contribution is 0.446. The van der Waals surface area contributed by atoms with Crippen LogP contribution in [0.25, 0.3) is 0 Å². The van der Waals surface area contributed by atoms with Gasteiger partial charge in [0, 0.05) is 30.9 Å². The van der Waals surface area contributed by atoms with E-state index in [-0.39, 0.29) is 5.56 Å². The van der Waals surface area contributed by atoms with Gasteiger partial charge in [0.25, 0.3) is 0 Å². The molecule has 2 rings (SSSR count). The van der Waals surface area contributed by atoms with Crippen LogP contribution in [0.1, 0.15) is 23.6 Å². The lowest BCUT2D eigenvalue weighted by atomic mass is 9.99. The van der Waals surface area contributed by atoms with E-state index in [1.807, 2.05) is 6.20 Å². The Labute approximate surface area is 114 Å². The summed E-state index contributed by atoms with van der Waals surface area (Å²) in [6.07, 6.45) is 4.39. The van der Waals surface area contributed by atoms with Crippen molar-refractivity contribution in [2.75, 3.05) is 0 Å². The van der Waals surface area contributed by atoms with E-state index in [1.165, 1.54) is 0 Å². The van der Waals surface area contributed by atoms with Gasteiger partial charge < -0.3 is 0 Å². The van der Waals surface area contributed by atoms with E-state index in [1.54, 1.807) is 17.9 Å². The highest BCUT2D eigenvalue weighted by atomic mass is 19.1. The summed E-state index contributed by atoms with van der Waals surface area (Å²) in [4.78, 5) is 0. The molecule has 7 heteroatoms. The Bertz CT molecular complexity index is 574. The summed E-state index contributed by atoms with van der Waals surface area (Å²) in [5.41, 5.74) is 3.04. The van der Waals surface area contributed by atoms with E-state index >= 15 is 0 Å². The first kappa shape index (κ1) is 14.5. The number of halogens is 3. The number of hydrogen-bond donors (Lipinski definition) is 2. The number of nitrogens with zero attached hydrogens (tertiary/aromatic N) is 2. The van der Waals surface area contributed by atoms with Crippen LogP contribution in [-0.4, -0.2) is 9.78 Å². The van der Waals surface area contributed by atoms with Gasteiger partial charge in [-0.3, -0.25) is 16.0 Å². The largest absolute Gasteiger partial charge is 0.276 e. The van der Waals surface area contributed by atoms with Crippen LogP contribution in [0.4, 0.5) is 13.2 Å². The highest BCUT2D eigenvalue weighted by Gasteiger charge is 2.20. The summed E-state index contributed by atoms with van der Waals surface area (Å²) in [6.45, 7) is 0. The lowest BCUT2D eigenvalue weighted by Crippen LogP contribution is -2.30. The Morgan fingerprint density at radius 3 is 2.45 bits per heavy atom. The molecule has 1 atom stereocenters. The molecule has 1 heterocycles. The van der Waals surface area contributed by atoms with Crippen molar-refractivity contribution in [1.29, 1.82) is 0 Å². The van der Waals surface area contributed by atoms with Crippen molar-refractivity contribution < 1.29 is 13.2 Å². The minimum Gasteiger partial charge on any atom is -0.276 e. The van der Waals surface area contributed by atoms with Crippen LogP contribution >= 0.6 is 0 Å². The number of aryl methyl sites for hydroxylation is 2. The van der Waals surface area contributed by atoms with Crippen LogP contribution in [-0.2, 0) is 13.5 Å². The van der Waals surface area contributed by atoms with Crippen molar-refractivity contribution in [3.63, 3.8) is 0 Å². The summed E-state index contributed by atoms with van der Waals surface area (Å²) in [5.74, 6) is 2.50. The monoisotopic (exact) mass is 284 g/mol. The van der Waals surface area contributed by atoms with E-state index in [4.69, 9.17) is 5.84 Å².